The highest BCUT2D eigenvalue weighted by molar-refractivity contribution is 6.29. The Morgan fingerprint density at radius 3 is 2.75 bits per heavy atom. The summed E-state index contributed by atoms with van der Waals surface area (Å²) < 4.78 is 15.7. The minimum absolute atomic E-state index is 0.00869. The Hall–Kier alpha value is -2.21. The monoisotopic (exact) mass is 350 g/mol. The third-order valence-electron chi connectivity index (χ3n) is 4.19. The number of methoxy groups -OCH3 is 2. The number of rotatable bonds is 6. The van der Waals surface area contributed by atoms with Crippen LogP contribution in [0.25, 0.3) is 0 Å². The molecule has 6 nitrogen and oxygen atoms in total. The van der Waals surface area contributed by atoms with E-state index >= 15 is 0 Å². The lowest BCUT2D eigenvalue weighted by Gasteiger charge is -2.16. The maximum atomic E-state index is 12.2. The van der Waals surface area contributed by atoms with Crippen LogP contribution in [0.5, 0.6) is 11.5 Å². The van der Waals surface area contributed by atoms with Crippen LogP contribution in [0, 0.1) is 0 Å². The van der Waals surface area contributed by atoms with Crippen molar-refractivity contribution in [2.45, 2.75) is 31.7 Å². The molecular formula is C17H19ClN2O4. The summed E-state index contributed by atoms with van der Waals surface area (Å²) in [7, 11) is 3.23. The van der Waals surface area contributed by atoms with Gasteiger partial charge in [0, 0.05) is 18.9 Å². The Labute approximate surface area is 145 Å². The number of carbonyl (C=O) groups excluding carboxylic acids is 1. The zero-order chi connectivity index (χ0) is 17.1. The molecule has 3 rings (SSSR count). The minimum atomic E-state index is -0.0323. The van der Waals surface area contributed by atoms with Crippen molar-refractivity contribution in [2.75, 3.05) is 14.2 Å². The van der Waals surface area contributed by atoms with Gasteiger partial charge in [0.05, 0.1) is 20.3 Å². The van der Waals surface area contributed by atoms with Crippen molar-refractivity contribution in [3.8, 4) is 11.5 Å². The van der Waals surface area contributed by atoms with Crippen LogP contribution in [0.4, 0.5) is 0 Å². The molecule has 0 radical (unpaired) electrons. The number of hydrogen-bond acceptors (Lipinski definition) is 5. The van der Waals surface area contributed by atoms with Crippen molar-refractivity contribution in [2.24, 2.45) is 0 Å². The van der Waals surface area contributed by atoms with Crippen LogP contribution in [0.3, 0.4) is 0 Å². The van der Waals surface area contributed by atoms with E-state index in [9.17, 15) is 4.79 Å². The number of halogens is 1. The molecule has 1 heterocycles. The maximum absolute atomic E-state index is 12.2. The van der Waals surface area contributed by atoms with Gasteiger partial charge in [-0.2, -0.15) is 0 Å². The molecule has 0 saturated heterocycles. The molecule has 0 aliphatic heterocycles. The number of amides is 1. The summed E-state index contributed by atoms with van der Waals surface area (Å²) in [6.07, 6.45) is 2.56. The van der Waals surface area contributed by atoms with Gasteiger partial charge in [0.15, 0.2) is 16.7 Å². The molecule has 1 aromatic heterocycles. The van der Waals surface area contributed by atoms with Crippen LogP contribution in [-0.4, -0.2) is 25.3 Å². The fraction of sp³-hybridized carbons (Fsp3) is 0.412. The molecule has 0 fully saturated rings. The lowest BCUT2D eigenvalue weighted by molar-refractivity contribution is -0.121. The highest BCUT2D eigenvalue weighted by atomic mass is 35.5. The SMILES string of the molecule is COc1cc2c(cc1OC)C(NC(=O)CCc1cc(Cl)no1)CC2. The van der Waals surface area contributed by atoms with Gasteiger partial charge in [-0.05, 0) is 36.1 Å². The van der Waals surface area contributed by atoms with Crippen molar-refractivity contribution in [3.05, 3.63) is 40.2 Å². The number of fused-ring (bicyclic) bond motifs is 1. The highest BCUT2D eigenvalue weighted by Crippen LogP contribution is 2.39. The van der Waals surface area contributed by atoms with Crippen molar-refractivity contribution in [1.82, 2.24) is 10.5 Å². The fourth-order valence-corrected chi connectivity index (χ4v) is 3.15. The molecule has 1 amide bonds. The van der Waals surface area contributed by atoms with E-state index in [-0.39, 0.29) is 11.9 Å². The minimum Gasteiger partial charge on any atom is -0.493 e. The van der Waals surface area contributed by atoms with Crippen LogP contribution >= 0.6 is 11.6 Å². The zero-order valence-corrected chi connectivity index (χ0v) is 14.4. The van der Waals surface area contributed by atoms with E-state index in [1.165, 1.54) is 5.56 Å². The van der Waals surface area contributed by atoms with Crippen LogP contribution in [0.15, 0.2) is 22.7 Å². The number of hydrogen-bond donors (Lipinski definition) is 1. The molecule has 1 aliphatic carbocycles. The maximum Gasteiger partial charge on any atom is 0.220 e. The summed E-state index contributed by atoms with van der Waals surface area (Å²) in [5.41, 5.74) is 2.27. The van der Waals surface area contributed by atoms with Crippen LogP contribution in [-0.2, 0) is 17.6 Å². The molecule has 1 atom stereocenters. The van der Waals surface area contributed by atoms with Gasteiger partial charge < -0.3 is 19.3 Å². The molecule has 2 aromatic rings. The van der Waals surface area contributed by atoms with Gasteiger partial charge in [-0.25, -0.2) is 0 Å². The summed E-state index contributed by atoms with van der Waals surface area (Å²) in [6.45, 7) is 0. The first kappa shape index (κ1) is 16.6. The average molecular weight is 351 g/mol. The van der Waals surface area contributed by atoms with E-state index in [4.69, 9.17) is 25.6 Å². The average Bonchev–Trinajstić information content (AvgIpc) is 3.17. The van der Waals surface area contributed by atoms with E-state index in [0.29, 0.717) is 35.3 Å². The number of carbonyl (C=O) groups is 1. The van der Waals surface area contributed by atoms with Crippen molar-refractivity contribution in [1.29, 1.82) is 0 Å². The Bertz CT molecular complexity index is 744. The molecule has 7 heteroatoms. The number of aryl methyl sites for hydroxylation is 2. The van der Waals surface area contributed by atoms with Gasteiger partial charge >= 0.3 is 0 Å². The van der Waals surface area contributed by atoms with Gasteiger partial charge in [-0.1, -0.05) is 16.8 Å². The van der Waals surface area contributed by atoms with Gasteiger partial charge in [0.1, 0.15) is 5.76 Å². The molecule has 1 unspecified atom stereocenters. The number of nitrogens with zero attached hydrogens (tertiary/aromatic N) is 1. The Kier molecular flexibility index (Phi) is 4.94. The van der Waals surface area contributed by atoms with Gasteiger partial charge in [0.25, 0.3) is 0 Å². The lowest BCUT2D eigenvalue weighted by Crippen LogP contribution is -2.27. The van der Waals surface area contributed by atoms with E-state index in [1.54, 1.807) is 20.3 Å². The Morgan fingerprint density at radius 2 is 2.08 bits per heavy atom. The van der Waals surface area contributed by atoms with E-state index in [2.05, 4.69) is 10.5 Å². The number of aromatic nitrogens is 1. The smallest absolute Gasteiger partial charge is 0.220 e. The normalized spacial score (nSPS) is 15.9. The van der Waals surface area contributed by atoms with Crippen LogP contribution in [0.1, 0.15) is 35.8 Å². The van der Waals surface area contributed by atoms with Crippen LogP contribution < -0.4 is 14.8 Å². The standard InChI is InChI=1S/C17H19ClN2O4/c1-22-14-7-10-3-5-13(12(10)9-15(14)23-2)19-17(21)6-4-11-8-16(18)20-24-11/h7-9,13H,3-6H2,1-2H3,(H,19,21). The van der Waals surface area contributed by atoms with Gasteiger partial charge in [-0.3, -0.25) is 4.79 Å². The summed E-state index contributed by atoms with van der Waals surface area (Å²) in [4.78, 5) is 12.2. The van der Waals surface area contributed by atoms with Crippen molar-refractivity contribution >= 4 is 17.5 Å². The second kappa shape index (κ2) is 7.13. The molecule has 1 N–H and O–H groups in total. The molecule has 0 saturated carbocycles. The molecule has 0 bridgehead atoms. The first-order valence-electron chi connectivity index (χ1n) is 7.76. The summed E-state index contributed by atoms with van der Waals surface area (Å²) in [6, 6.07) is 5.54. The zero-order valence-electron chi connectivity index (χ0n) is 13.6. The molecule has 1 aliphatic rings. The Balaban J connectivity index is 1.64. The third kappa shape index (κ3) is 3.48. The summed E-state index contributed by atoms with van der Waals surface area (Å²) >= 11 is 5.70. The van der Waals surface area contributed by atoms with E-state index in [1.807, 2.05) is 12.1 Å². The molecule has 24 heavy (non-hydrogen) atoms. The molecule has 0 spiro atoms. The fourth-order valence-electron chi connectivity index (χ4n) is 2.99. The second-order valence-corrected chi connectivity index (χ2v) is 6.07. The lowest BCUT2D eigenvalue weighted by atomic mass is 10.1. The number of nitrogens with one attached hydrogen (secondary N) is 1. The number of ether oxygens (including phenoxy) is 2. The predicted octanol–water partition coefficient (Wildman–Crippen LogP) is 3.08. The van der Waals surface area contributed by atoms with E-state index < -0.39 is 0 Å². The van der Waals surface area contributed by atoms with Crippen molar-refractivity contribution in [3.63, 3.8) is 0 Å². The molecular weight excluding hydrogens is 332 g/mol. The third-order valence-corrected chi connectivity index (χ3v) is 4.37. The van der Waals surface area contributed by atoms with Crippen molar-refractivity contribution < 1.29 is 18.8 Å². The summed E-state index contributed by atoms with van der Waals surface area (Å²) in [5.74, 6) is 1.96. The number of benzene rings is 1. The second-order valence-electron chi connectivity index (χ2n) is 5.68. The van der Waals surface area contributed by atoms with Crippen LogP contribution in [0.2, 0.25) is 5.15 Å². The molecule has 1 aromatic carbocycles. The largest absolute Gasteiger partial charge is 0.493 e. The van der Waals surface area contributed by atoms with E-state index in [0.717, 1.165) is 18.4 Å². The van der Waals surface area contributed by atoms with Gasteiger partial charge in [-0.15, -0.1) is 0 Å². The Morgan fingerprint density at radius 1 is 1.33 bits per heavy atom. The topological polar surface area (TPSA) is 73.6 Å². The first-order valence-corrected chi connectivity index (χ1v) is 8.13. The quantitative estimate of drug-likeness (QED) is 0.866. The molecule has 128 valence electrons. The first-order chi connectivity index (χ1) is 11.6. The summed E-state index contributed by atoms with van der Waals surface area (Å²) in [5, 5.41) is 6.97. The van der Waals surface area contributed by atoms with Gasteiger partial charge in [0.2, 0.25) is 5.91 Å². The highest BCUT2D eigenvalue weighted by Gasteiger charge is 2.26. The predicted molar refractivity (Wildman–Crippen MR) is 88.6 cm³/mol.